The van der Waals surface area contributed by atoms with E-state index in [0.29, 0.717) is 30.9 Å². The van der Waals surface area contributed by atoms with E-state index in [1.807, 2.05) is 25.1 Å². The van der Waals surface area contributed by atoms with E-state index < -0.39 is 0 Å². The van der Waals surface area contributed by atoms with Crippen LogP contribution in [0.25, 0.3) is 11.5 Å². The van der Waals surface area contributed by atoms with E-state index in [9.17, 15) is 9.59 Å². The number of nitrogens with one attached hydrogen (secondary N) is 1. The first kappa shape index (κ1) is 16.9. The van der Waals surface area contributed by atoms with Gasteiger partial charge in [0, 0.05) is 13.0 Å². The highest BCUT2D eigenvalue weighted by Crippen LogP contribution is 2.29. The monoisotopic (exact) mass is 344 g/mol. The van der Waals surface area contributed by atoms with Gasteiger partial charge in [-0.25, -0.2) is 0 Å². The molecule has 3 rings (SSSR count). The number of carbonyl (C=O) groups is 2. The number of amides is 2. The predicted octanol–water partition coefficient (Wildman–Crippen LogP) is 2.09. The third-order valence-corrected chi connectivity index (χ3v) is 3.84. The average molecular weight is 344 g/mol. The zero-order valence-corrected chi connectivity index (χ0v) is 14.0. The van der Waals surface area contributed by atoms with Crippen LogP contribution in [0.5, 0.6) is 5.75 Å². The SMILES string of the molecule is CCOc1ccccc1-c1nnc(NC(=O)CN2CCCCC2=O)o1. The van der Waals surface area contributed by atoms with Crippen molar-refractivity contribution >= 4 is 17.8 Å². The van der Waals surface area contributed by atoms with Crippen LogP contribution in [0.15, 0.2) is 28.7 Å². The minimum atomic E-state index is -0.358. The number of piperidine rings is 1. The molecule has 2 aromatic rings. The molecule has 25 heavy (non-hydrogen) atoms. The van der Waals surface area contributed by atoms with E-state index >= 15 is 0 Å². The first-order valence-corrected chi connectivity index (χ1v) is 8.30. The zero-order valence-electron chi connectivity index (χ0n) is 14.0. The molecule has 2 heterocycles. The molecule has 1 aromatic heterocycles. The standard InChI is InChI=1S/C17H20N4O4/c1-2-24-13-8-4-3-7-12(13)16-19-20-17(25-16)18-14(22)11-21-10-6-5-9-15(21)23/h3-4,7-8H,2,5-6,9-11H2,1H3,(H,18,20,22). The second-order valence-corrected chi connectivity index (χ2v) is 5.66. The summed E-state index contributed by atoms with van der Waals surface area (Å²) in [6.07, 6.45) is 2.29. The summed E-state index contributed by atoms with van der Waals surface area (Å²) < 4.78 is 11.0. The van der Waals surface area contributed by atoms with Crippen molar-refractivity contribution in [2.45, 2.75) is 26.2 Å². The van der Waals surface area contributed by atoms with Crippen LogP contribution in [0, 0.1) is 0 Å². The Balaban J connectivity index is 1.65. The molecule has 0 spiro atoms. The minimum absolute atomic E-state index is 0.00161. The van der Waals surface area contributed by atoms with Crippen LogP contribution >= 0.6 is 0 Å². The van der Waals surface area contributed by atoms with Crippen LogP contribution in [-0.2, 0) is 9.59 Å². The highest BCUT2D eigenvalue weighted by atomic mass is 16.5. The molecular formula is C17H20N4O4. The maximum absolute atomic E-state index is 12.1. The molecule has 0 atom stereocenters. The van der Waals surface area contributed by atoms with Crippen LogP contribution in [0.2, 0.25) is 0 Å². The number of nitrogens with zero attached hydrogens (tertiary/aromatic N) is 3. The smallest absolute Gasteiger partial charge is 0.322 e. The molecule has 1 aliphatic rings. The van der Waals surface area contributed by atoms with Crippen LogP contribution in [-0.4, -0.2) is 46.6 Å². The van der Waals surface area contributed by atoms with Crippen LogP contribution in [0.3, 0.4) is 0 Å². The lowest BCUT2D eigenvalue weighted by atomic mass is 10.1. The Bertz CT molecular complexity index is 759. The van der Waals surface area contributed by atoms with Crippen LogP contribution in [0.4, 0.5) is 6.01 Å². The number of rotatable bonds is 6. The van der Waals surface area contributed by atoms with Crippen molar-refractivity contribution in [1.82, 2.24) is 15.1 Å². The molecule has 1 N–H and O–H groups in total. The van der Waals surface area contributed by atoms with E-state index in [0.717, 1.165) is 12.8 Å². The Hall–Kier alpha value is -2.90. The van der Waals surface area contributed by atoms with Crippen molar-refractivity contribution in [2.24, 2.45) is 0 Å². The van der Waals surface area contributed by atoms with Gasteiger partial charge in [-0.3, -0.25) is 14.9 Å². The van der Waals surface area contributed by atoms with Gasteiger partial charge in [-0.1, -0.05) is 17.2 Å². The molecule has 0 bridgehead atoms. The maximum atomic E-state index is 12.1. The number of aromatic nitrogens is 2. The quantitative estimate of drug-likeness (QED) is 0.862. The molecule has 1 fully saturated rings. The largest absolute Gasteiger partial charge is 0.493 e. The van der Waals surface area contributed by atoms with Crippen molar-refractivity contribution in [1.29, 1.82) is 0 Å². The van der Waals surface area contributed by atoms with Gasteiger partial charge in [0.25, 0.3) is 5.89 Å². The lowest BCUT2D eigenvalue weighted by molar-refractivity contribution is -0.136. The third-order valence-electron chi connectivity index (χ3n) is 3.84. The van der Waals surface area contributed by atoms with Crippen molar-refractivity contribution < 1.29 is 18.7 Å². The molecule has 0 unspecified atom stereocenters. The molecule has 0 radical (unpaired) electrons. The highest BCUT2D eigenvalue weighted by Gasteiger charge is 2.21. The highest BCUT2D eigenvalue weighted by molar-refractivity contribution is 5.93. The van der Waals surface area contributed by atoms with Gasteiger partial charge in [-0.2, -0.15) is 0 Å². The normalized spacial score (nSPS) is 14.4. The first-order valence-electron chi connectivity index (χ1n) is 8.30. The summed E-state index contributed by atoms with van der Waals surface area (Å²) in [6.45, 7) is 2.99. The van der Waals surface area contributed by atoms with Gasteiger partial charge in [0.05, 0.1) is 18.7 Å². The molecule has 8 nitrogen and oxygen atoms in total. The number of likely N-dealkylation sites (tertiary alicyclic amines) is 1. The number of hydrogen-bond acceptors (Lipinski definition) is 6. The summed E-state index contributed by atoms with van der Waals surface area (Å²) in [6, 6.07) is 7.29. The summed E-state index contributed by atoms with van der Waals surface area (Å²) in [4.78, 5) is 25.4. The van der Waals surface area contributed by atoms with E-state index in [-0.39, 0.29) is 30.3 Å². The Kier molecular flexibility index (Phi) is 5.27. The minimum Gasteiger partial charge on any atom is -0.493 e. The molecule has 1 saturated heterocycles. The number of para-hydroxylation sites is 1. The Labute approximate surface area is 145 Å². The number of anilines is 1. The van der Waals surface area contributed by atoms with Crippen molar-refractivity contribution in [2.75, 3.05) is 25.0 Å². The van der Waals surface area contributed by atoms with E-state index in [4.69, 9.17) is 9.15 Å². The summed E-state index contributed by atoms with van der Waals surface area (Å²) >= 11 is 0. The second kappa shape index (κ2) is 7.78. The van der Waals surface area contributed by atoms with Gasteiger partial charge in [0.15, 0.2) is 0 Å². The lowest BCUT2D eigenvalue weighted by Gasteiger charge is -2.25. The molecule has 8 heteroatoms. The summed E-state index contributed by atoms with van der Waals surface area (Å²) in [5.41, 5.74) is 0.656. The summed E-state index contributed by atoms with van der Waals surface area (Å²) in [5.74, 6) is 0.528. The van der Waals surface area contributed by atoms with Crippen molar-refractivity contribution in [3.63, 3.8) is 0 Å². The fraction of sp³-hybridized carbons (Fsp3) is 0.412. The first-order chi connectivity index (χ1) is 12.2. The van der Waals surface area contributed by atoms with Gasteiger partial charge >= 0.3 is 6.01 Å². The lowest BCUT2D eigenvalue weighted by Crippen LogP contribution is -2.40. The third kappa shape index (κ3) is 4.14. The molecule has 2 amide bonds. The van der Waals surface area contributed by atoms with Gasteiger partial charge in [-0.05, 0) is 31.9 Å². The van der Waals surface area contributed by atoms with Crippen molar-refractivity contribution in [3.05, 3.63) is 24.3 Å². The molecular weight excluding hydrogens is 324 g/mol. The zero-order chi connectivity index (χ0) is 17.6. The van der Waals surface area contributed by atoms with E-state index in [1.165, 1.54) is 0 Å². The maximum Gasteiger partial charge on any atom is 0.322 e. The number of ether oxygens (including phenoxy) is 1. The fourth-order valence-corrected chi connectivity index (χ4v) is 2.67. The second-order valence-electron chi connectivity index (χ2n) is 5.66. The predicted molar refractivity (Wildman–Crippen MR) is 90.0 cm³/mol. The summed E-state index contributed by atoms with van der Waals surface area (Å²) in [7, 11) is 0. The molecule has 1 aliphatic heterocycles. The number of carbonyl (C=O) groups excluding carboxylic acids is 2. The van der Waals surface area contributed by atoms with Crippen molar-refractivity contribution in [3.8, 4) is 17.2 Å². The van der Waals surface area contributed by atoms with E-state index in [2.05, 4.69) is 15.5 Å². The van der Waals surface area contributed by atoms with Crippen LogP contribution < -0.4 is 10.1 Å². The van der Waals surface area contributed by atoms with Gasteiger partial charge in [0.2, 0.25) is 11.8 Å². The summed E-state index contributed by atoms with van der Waals surface area (Å²) in [5, 5.41) is 10.3. The number of hydrogen-bond donors (Lipinski definition) is 1. The Morgan fingerprint density at radius 3 is 2.96 bits per heavy atom. The Morgan fingerprint density at radius 1 is 1.32 bits per heavy atom. The fourth-order valence-electron chi connectivity index (χ4n) is 2.67. The average Bonchev–Trinajstić information content (AvgIpc) is 3.06. The van der Waals surface area contributed by atoms with Crippen LogP contribution in [0.1, 0.15) is 26.2 Å². The van der Waals surface area contributed by atoms with Gasteiger partial charge < -0.3 is 14.1 Å². The molecule has 1 aromatic carbocycles. The van der Waals surface area contributed by atoms with Gasteiger partial charge in [0.1, 0.15) is 5.75 Å². The molecule has 0 aliphatic carbocycles. The topological polar surface area (TPSA) is 97.6 Å². The Morgan fingerprint density at radius 2 is 2.16 bits per heavy atom. The van der Waals surface area contributed by atoms with E-state index in [1.54, 1.807) is 11.0 Å². The van der Waals surface area contributed by atoms with Gasteiger partial charge in [-0.15, -0.1) is 5.10 Å². The molecule has 132 valence electrons. The number of benzene rings is 1. The molecule has 0 saturated carbocycles.